The Bertz CT molecular complexity index is 943. The van der Waals surface area contributed by atoms with Gasteiger partial charge in [-0.1, -0.05) is 6.58 Å². The summed E-state index contributed by atoms with van der Waals surface area (Å²) in [4.78, 5) is 36.0. The monoisotopic (exact) mass is 498 g/mol. The van der Waals surface area contributed by atoms with Crippen LogP contribution in [-0.2, 0) is 43.4 Å². The van der Waals surface area contributed by atoms with Gasteiger partial charge < -0.3 is 18.9 Å². The third-order valence-electron chi connectivity index (χ3n) is 5.17. The predicted octanol–water partition coefficient (Wildman–Crippen LogP) is 0.317. The van der Waals surface area contributed by atoms with E-state index in [1.165, 1.54) is 0 Å². The molecule has 0 aromatic carbocycles. The molecule has 0 radical (unpaired) electrons. The molecule has 0 amide bonds. The number of carbonyl (C=O) groups is 3. The van der Waals surface area contributed by atoms with E-state index in [9.17, 15) is 49.1 Å². The zero-order chi connectivity index (χ0) is 24.4. The van der Waals surface area contributed by atoms with Gasteiger partial charge in [-0.05, 0) is 0 Å². The van der Waals surface area contributed by atoms with E-state index in [0.29, 0.717) is 6.08 Å². The number of hydrogen-bond donors (Lipinski definition) is 1. The fourth-order valence-corrected chi connectivity index (χ4v) is 4.79. The number of fused-ring (bicyclic) bond motifs is 1. The van der Waals surface area contributed by atoms with Crippen molar-refractivity contribution in [3.63, 3.8) is 0 Å². The highest BCUT2D eigenvalue weighted by Crippen LogP contribution is 2.53. The topological polar surface area (TPSA) is 142 Å². The maximum absolute atomic E-state index is 13.4. The number of alkyl halides is 6. The lowest BCUT2D eigenvalue weighted by Gasteiger charge is -2.37. The Morgan fingerprint density at radius 3 is 2.12 bits per heavy atom. The van der Waals surface area contributed by atoms with E-state index in [4.69, 9.17) is 18.8 Å². The summed E-state index contributed by atoms with van der Waals surface area (Å²) in [5.41, 5.74) is -5.66. The highest BCUT2D eigenvalue weighted by atomic mass is 32.2. The van der Waals surface area contributed by atoms with Crippen LogP contribution in [0.15, 0.2) is 12.7 Å². The van der Waals surface area contributed by atoms with Crippen LogP contribution in [0, 0.1) is 11.8 Å². The van der Waals surface area contributed by atoms with Crippen LogP contribution in [0.3, 0.4) is 0 Å². The van der Waals surface area contributed by atoms with Gasteiger partial charge in [-0.25, -0.2) is 4.79 Å². The van der Waals surface area contributed by atoms with Crippen LogP contribution in [0.5, 0.6) is 0 Å². The Hall–Kier alpha value is -2.40. The van der Waals surface area contributed by atoms with Gasteiger partial charge in [0.1, 0.15) is 29.8 Å². The third kappa shape index (κ3) is 3.71. The minimum Gasteiger partial charge on any atom is -0.455 e. The SMILES string of the molecule is C=CC(=O)OC1C2OC(=O)C3C2OC1C3C(=O)OC(CS(=O)(=O)O)(C(F)(F)F)C(F)(F)F. The van der Waals surface area contributed by atoms with Crippen LogP contribution < -0.4 is 0 Å². The van der Waals surface area contributed by atoms with Crippen molar-refractivity contribution in [3.05, 3.63) is 12.7 Å². The molecule has 0 aliphatic carbocycles. The Morgan fingerprint density at radius 1 is 1.09 bits per heavy atom. The van der Waals surface area contributed by atoms with E-state index in [0.717, 1.165) is 0 Å². The molecule has 6 unspecified atom stereocenters. The van der Waals surface area contributed by atoms with Gasteiger partial charge in [-0.3, -0.25) is 14.1 Å². The van der Waals surface area contributed by atoms with Crippen molar-refractivity contribution in [1.29, 1.82) is 0 Å². The standard InChI is InChI=1S/C15H12F6O10S/c1-2-4(22)28-9-8-6(5-7(29-8)10(9)30-11(5)23)12(24)31-13(14(16,17)18,15(19,20)21)3-32(25,26)27/h2,5-10H,1,3H2,(H,25,26,27). The molecule has 0 aromatic rings. The van der Waals surface area contributed by atoms with Crippen molar-refractivity contribution in [1.82, 2.24) is 0 Å². The maximum atomic E-state index is 13.4. The summed E-state index contributed by atoms with van der Waals surface area (Å²) in [5.74, 6) is -11.6. The second-order valence-corrected chi connectivity index (χ2v) is 8.55. The predicted molar refractivity (Wildman–Crippen MR) is 82.9 cm³/mol. The van der Waals surface area contributed by atoms with Crippen molar-refractivity contribution < 1.29 is 72.6 Å². The normalized spacial score (nSPS) is 31.9. The Kier molecular flexibility index (Phi) is 5.54. The molecule has 3 aliphatic rings. The zero-order valence-electron chi connectivity index (χ0n) is 15.3. The van der Waals surface area contributed by atoms with Gasteiger partial charge in [0.05, 0.1) is 0 Å². The van der Waals surface area contributed by atoms with E-state index in [1.807, 2.05) is 0 Å². The molecular weight excluding hydrogens is 486 g/mol. The molecule has 3 aliphatic heterocycles. The quantitative estimate of drug-likeness (QED) is 0.179. The van der Waals surface area contributed by atoms with E-state index in [2.05, 4.69) is 11.3 Å². The summed E-state index contributed by atoms with van der Waals surface area (Å²) in [5, 5.41) is 0. The molecule has 17 heteroatoms. The first-order valence-corrected chi connectivity index (χ1v) is 10.0. The summed E-state index contributed by atoms with van der Waals surface area (Å²) >= 11 is 0. The van der Waals surface area contributed by atoms with Crippen LogP contribution in [0.25, 0.3) is 0 Å². The number of rotatable bonds is 6. The summed E-state index contributed by atoms with van der Waals surface area (Å²) in [7, 11) is -6.00. The lowest BCUT2D eigenvalue weighted by molar-refractivity contribution is -0.362. The summed E-state index contributed by atoms with van der Waals surface area (Å²) in [6.45, 7) is 3.09. The average molecular weight is 498 g/mol. The highest BCUT2D eigenvalue weighted by Gasteiger charge is 2.78. The summed E-state index contributed by atoms with van der Waals surface area (Å²) < 4.78 is 130. The smallest absolute Gasteiger partial charge is 0.438 e. The van der Waals surface area contributed by atoms with Crippen LogP contribution in [-0.4, -0.2) is 79.0 Å². The van der Waals surface area contributed by atoms with Gasteiger partial charge in [0.2, 0.25) is 0 Å². The van der Waals surface area contributed by atoms with Crippen LogP contribution >= 0.6 is 0 Å². The van der Waals surface area contributed by atoms with Crippen molar-refractivity contribution in [2.24, 2.45) is 11.8 Å². The second kappa shape index (κ2) is 7.31. The lowest BCUT2D eigenvalue weighted by atomic mass is 9.78. The van der Waals surface area contributed by atoms with Crippen molar-refractivity contribution >= 4 is 28.0 Å². The average Bonchev–Trinajstić information content (AvgIpc) is 3.21. The third-order valence-corrected chi connectivity index (χ3v) is 5.94. The molecule has 10 nitrogen and oxygen atoms in total. The molecule has 0 saturated carbocycles. The fourth-order valence-electron chi connectivity index (χ4n) is 3.89. The first-order valence-electron chi connectivity index (χ1n) is 8.44. The van der Waals surface area contributed by atoms with Crippen LogP contribution in [0.1, 0.15) is 0 Å². The first kappa shape index (κ1) is 24.2. The van der Waals surface area contributed by atoms with Crippen molar-refractivity contribution in [3.8, 4) is 0 Å². The molecule has 3 fully saturated rings. The number of hydrogen-bond acceptors (Lipinski definition) is 9. The van der Waals surface area contributed by atoms with Gasteiger partial charge in [0.15, 0.2) is 12.2 Å². The maximum Gasteiger partial charge on any atom is 0.438 e. The van der Waals surface area contributed by atoms with Crippen molar-refractivity contribution in [2.75, 3.05) is 5.75 Å². The Morgan fingerprint density at radius 2 is 1.66 bits per heavy atom. The molecule has 3 rings (SSSR count). The molecule has 0 aromatic heterocycles. The lowest BCUT2D eigenvalue weighted by Crippen LogP contribution is -2.64. The number of carbonyl (C=O) groups excluding carboxylic acids is 3. The second-order valence-electron chi connectivity index (χ2n) is 7.09. The Labute approximate surface area is 174 Å². The largest absolute Gasteiger partial charge is 0.455 e. The van der Waals surface area contributed by atoms with Crippen LogP contribution in [0.2, 0.25) is 0 Å². The van der Waals surface area contributed by atoms with Gasteiger partial charge >= 0.3 is 35.9 Å². The minimum atomic E-state index is -6.55. The fraction of sp³-hybridized carbons (Fsp3) is 0.667. The first-order chi connectivity index (χ1) is 14.4. The van der Waals surface area contributed by atoms with Crippen LogP contribution in [0.4, 0.5) is 26.3 Å². The summed E-state index contributed by atoms with van der Waals surface area (Å²) in [6.07, 6.45) is -18.4. The molecule has 180 valence electrons. The van der Waals surface area contributed by atoms with Gasteiger partial charge in [-0.15, -0.1) is 0 Å². The number of halogens is 6. The van der Waals surface area contributed by atoms with E-state index in [-0.39, 0.29) is 0 Å². The molecule has 2 bridgehead atoms. The van der Waals surface area contributed by atoms with E-state index < -0.39 is 88.0 Å². The van der Waals surface area contributed by atoms with Gasteiger partial charge in [0, 0.05) is 6.08 Å². The van der Waals surface area contributed by atoms with Crippen molar-refractivity contribution in [2.45, 2.75) is 42.4 Å². The summed E-state index contributed by atoms with van der Waals surface area (Å²) in [6, 6.07) is 0. The molecule has 6 atom stereocenters. The number of esters is 3. The minimum absolute atomic E-state index is 0.651. The van der Waals surface area contributed by atoms with E-state index in [1.54, 1.807) is 0 Å². The Balaban J connectivity index is 2.00. The molecule has 3 saturated heterocycles. The molecular formula is C15H12F6O10S. The molecule has 3 heterocycles. The molecule has 32 heavy (non-hydrogen) atoms. The number of ether oxygens (including phenoxy) is 4. The van der Waals surface area contributed by atoms with E-state index >= 15 is 0 Å². The molecule has 1 N–H and O–H groups in total. The zero-order valence-corrected chi connectivity index (χ0v) is 16.1. The van der Waals surface area contributed by atoms with Gasteiger partial charge in [0.25, 0.3) is 10.1 Å². The van der Waals surface area contributed by atoms with Gasteiger partial charge in [-0.2, -0.15) is 34.8 Å². The molecule has 0 spiro atoms. The highest BCUT2D eigenvalue weighted by molar-refractivity contribution is 7.85.